The molecule has 2 heteroatoms. The Morgan fingerprint density at radius 2 is 2.29 bits per heavy atom. The minimum atomic E-state index is 0.504. The van der Waals surface area contributed by atoms with E-state index in [-0.39, 0.29) is 0 Å². The van der Waals surface area contributed by atoms with Crippen LogP contribution in [-0.4, -0.2) is 19.9 Å². The maximum atomic E-state index is 10.8. The van der Waals surface area contributed by atoms with Crippen molar-refractivity contribution in [2.45, 2.75) is 6.92 Å². The first-order valence-corrected chi connectivity index (χ1v) is 4.39. The molecule has 0 spiro atoms. The highest BCUT2D eigenvalue weighted by molar-refractivity contribution is 5.85. The molecule has 0 saturated carbocycles. The first kappa shape index (κ1) is 10.3. The van der Waals surface area contributed by atoms with Crippen molar-refractivity contribution < 1.29 is 4.79 Å². The number of benzene rings is 1. The molecule has 0 aromatic heterocycles. The fourth-order valence-corrected chi connectivity index (χ4v) is 1.34. The Kier molecular flexibility index (Phi) is 3.30. The summed E-state index contributed by atoms with van der Waals surface area (Å²) in [5.41, 5.74) is 2.64. The molecule has 0 saturated heterocycles. The molecule has 0 radical (unpaired) electrons. The summed E-state index contributed by atoms with van der Waals surface area (Å²) in [5.74, 6) is 2.54. The van der Waals surface area contributed by atoms with Gasteiger partial charge < -0.3 is 4.90 Å². The summed E-state index contributed by atoms with van der Waals surface area (Å²) < 4.78 is 0. The molecule has 0 aliphatic carbocycles. The Bertz CT molecular complexity index is 376. The maximum Gasteiger partial charge on any atom is 0.152 e. The normalized spacial score (nSPS) is 9.21. The number of rotatable bonds is 3. The van der Waals surface area contributed by atoms with E-state index in [0.717, 1.165) is 17.5 Å². The number of terminal acetylenes is 1. The lowest BCUT2D eigenvalue weighted by Crippen LogP contribution is -2.18. The van der Waals surface area contributed by atoms with Crippen LogP contribution in [0.3, 0.4) is 0 Å². The number of carbonyl (C=O) groups excluding carboxylic acids is 1. The van der Waals surface area contributed by atoms with Crippen molar-refractivity contribution in [2.75, 3.05) is 18.5 Å². The predicted octanol–water partition coefficient (Wildman–Crippen LogP) is 1.88. The standard InChI is InChI=1S/C12H13NO/c1-4-7-13(3)12-6-5-10(2)8-11(12)9-14/h1,5-6,8-9H,7H2,2-3H3. The van der Waals surface area contributed by atoms with E-state index in [0.29, 0.717) is 12.1 Å². The quantitative estimate of drug-likeness (QED) is 0.532. The number of hydrogen-bond acceptors (Lipinski definition) is 2. The second kappa shape index (κ2) is 4.48. The molecular formula is C12H13NO. The van der Waals surface area contributed by atoms with Crippen LogP contribution in [0.25, 0.3) is 0 Å². The highest BCUT2D eigenvalue weighted by Crippen LogP contribution is 2.18. The Morgan fingerprint density at radius 3 is 2.86 bits per heavy atom. The van der Waals surface area contributed by atoms with Gasteiger partial charge in [-0.3, -0.25) is 4.79 Å². The van der Waals surface area contributed by atoms with Crippen molar-refractivity contribution >= 4 is 12.0 Å². The molecule has 14 heavy (non-hydrogen) atoms. The van der Waals surface area contributed by atoms with Crippen molar-refractivity contribution in [3.8, 4) is 12.3 Å². The van der Waals surface area contributed by atoms with E-state index in [1.807, 2.05) is 37.1 Å². The average molecular weight is 187 g/mol. The third-order valence-corrected chi connectivity index (χ3v) is 2.05. The molecule has 0 heterocycles. The molecule has 72 valence electrons. The van der Waals surface area contributed by atoms with Gasteiger partial charge in [-0.1, -0.05) is 17.6 Å². The SMILES string of the molecule is C#CCN(C)c1ccc(C)cc1C=O. The smallest absolute Gasteiger partial charge is 0.152 e. The zero-order chi connectivity index (χ0) is 10.6. The summed E-state index contributed by atoms with van der Waals surface area (Å²) in [4.78, 5) is 12.7. The van der Waals surface area contributed by atoms with Gasteiger partial charge in [-0.15, -0.1) is 6.42 Å². The summed E-state index contributed by atoms with van der Waals surface area (Å²) in [5, 5.41) is 0. The zero-order valence-corrected chi connectivity index (χ0v) is 8.45. The Labute approximate surface area is 84.5 Å². The molecule has 0 aliphatic heterocycles. The van der Waals surface area contributed by atoms with Crippen LogP contribution in [0.15, 0.2) is 18.2 Å². The fraction of sp³-hybridized carbons (Fsp3) is 0.250. The Balaban J connectivity index is 3.08. The minimum Gasteiger partial charge on any atom is -0.363 e. The topological polar surface area (TPSA) is 20.3 Å². The van der Waals surface area contributed by atoms with Gasteiger partial charge in [-0.05, 0) is 19.1 Å². The van der Waals surface area contributed by atoms with Crippen molar-refractivity contribution in [1.29, 1.82) is 0 Å². The van der Waals surface area contributed by atoms with E-state index in [2.05, 4.69) is 5.92 Å². The second-order valence-electron chi connectivity index (χ2n) is 3.24. The molecule has 1 aromatic rings. The number of nitrogens with zero attached hydrogens (tertiary/aromatic N) is 1. The van der Waals surface area contributed by atoms with Crippen LogP contribution in [0.2, 0.25) is 0 Å². The lowest BCUT2D eigenvalue weighted by molar-refractivity contribution is 0.112. The lowest BCUT2D eigenvalue weighted by Gasteiger charge is -2.18. The number of carbonyl (C=O) groups is 1. The van der Waals surface area contributed by atoms with Crippen LogP contribution in [0.4, 0.5) is 5.69 Å². The van der Waals surface area contributed by atoms with Crippen LogP contribution in [0.1, 0.15) is 15.9 Å². The Morgan fingerprint density at radius 1 is 1.57 bits per heavy atom. The van der Waals surface area contributed by atoms with Crippen molar-refractivity contribution in [3.63, 3.8) is 0 Å². The van der Waals surface area contributed by atoms with Gasteiger partial charge in [0.25, 0.3) is 0 Å². The van der Waals surface area contributed by atoms with Gasteiger partial charge in [0.05, 0.1) is 6.54 Å². The number of aldehydes is 1. The van der Waals surface area contributed by atoms with Crippen LogP contribution in [-0.2, 0) is 0 Å². The van der Waals surface area contributed by atoms with E-state index < -0.39 is 0 Å². The predicted molar refractivity (Wildman–Crippen MR) is 58.7 cm³/mol. The van der Waals surface area contributed by atoms with E-state index in [1.165, 1.54) is 0 Å². The van der Waals surface area contributed by atoms with Crippen molar-refractivity contribution in [2.24, 2.45) is 0 Å². The second-order valence-corrected chi connectivity index (χ2v) is 3.24. The molecule has 1 rings (SSSR count). The molecular weight excluding hydrogens is 174 g/mol. The Hall–Kier alpha value is -1.75. The molecule has 0 aliphatic rings. The molecule has 0 fully saturated rings. The highest BCUT2D eigenvalue weighted by atomic mass is 16.1. The van der Waals surface area contributed by atoms with Gasteiger partial charge in [0.15, 0.2) is 6.29 Å². The average Bonchev–Trinajstić information content (AvgIpc) is 2.17. The summed E-state index contributed by atoms with van der Waals surface area (Å²) in [6.45, 7) is 2.46. The minimum absolute atomic E-state index is 0.504. The maximum absolute atomic E-state index is 10.8. The fourth-order valence-electron chi connectivity index (χ4n) is 1.34. The largest absolute Gasteiger partial charge is 0.363 e. The van der Waals surface area contributed by atoms with Crippen LogP contribution in [0.5, 0.6) is 0 Å². The summed E-state index contributed by atoms with van der Waals surface area (Å²) in [6, 6.07) is 5.74. The van der Waals surface area contributed by atoms with Crippen LogP contribution < -0.4 is 4.90 Å². The third-order valence-electron chi connectivity index (χ3n) is 2.05. The molecule has 2 nitrogen and oxygen atoms in total. The molecule has 0 N–H and O–H groups in total. The third kappa shape index (κ3) is 2.14. The van der Waals surface area contributed by atoms with Gasteiger partial charge in [0, 0.05) is 18.3 Å². The lowest BCUT2D eigenvalue weighted by atomic mass is 10.1. The van der Waals surface area contributed by atoms with Gasteiger partial charge in [-0.2, -0.15) is 0 Å². The monoisotopic (exact) mass is 187 g/mol. The first-order chi connectivity index (χ1) is 6.69. The first-order valence-electron chi connectivity index (χ1n) is 4.39. The van der Waals surface area contributed by atoms with E-state index in [9.17, 15) is 4.79 Å². The number of hydrogen-bond donors (Lipinski definition) is 0. The van der Waals surface area contributed by atoms with E-state index in [4.69, 9.17) is 6.42 Å². The van der Waals surface area contributed by atoms with E-state index in [1.54, 1.807) is 0 Å². The van der Waals surface area contributed by atoms with Gasteiger partial charge in [0.1, 0.15) is 0 Å². The molecule has 0 unspecified atom stereocenters. The van der Waals surface area contributed by atoms with E-state index >= 15 is 0 Å². The van der Waals surface area contributed by atoms with Gasteiger partial charge >= 0.3 is 0 Å². The highest BCUT2D eigenvalue weighted by Gasteiger charge is 2.05. The number of aryl methyl sites for hydroxylation is 1. The molecule has 0 atom stereocenters. The van der Waals surface area contributed by atoms with Crippen LogP contribution >= 0.6 is 0 Å². The summed E-state index contributed by atoms with van der Waals surface area (Å²) in [6.07, 6.45) is 6.06. The van der Waals surface area contributed by atoms with Crippen molar-refractivity contribution in [3.05, 3.63) is 29.3 Å². The summed E-state index contributed by atoms with van der Waals surface area (Å²) >= 11 is 0. The summed E-state index contributed by atoms with van der Waals surface area (Å²) in [7, 11) is 1.87. The molecule has 0 bridgehead atoms. The zero-order valence-electron chi connectivity index (χ0n) is 8.45. The van der Waals surface area contributed by atoms with Crippen molar-refractivity contribution in [1.82, 2.24) is 0 Å². The molecule has 1 aromatic carbocycles. The number of anilines is 1. The van der Waals surface area contributed by atoms with Gasteiger partial charge in [-0.25, -0.2) is 0 Å². The molecule has 0 amide bonds. The van der Waals surface area contributed by atoms with Gasteiger partial charge in [0.2, 0.25) is 0 Å². The van der Waals surface area contributed by atoms with Crippen LogP contribution in [0, 0.1) is 19.3 Å².